The van der Waals surface area contributed by atoms with Crippen LogP contribution in [0.4, 0.5) is 5.69 Å². The molecular formula is C32H41ClN2O5. The minimum absolute atomic E-state index is 0.00585. The smallest absolute Gasteiger partial charge is 0.310 e. The van der Waals surface area contributed by atoms with Gasteiger partial charge < -0.3 is 24.0 Å². The number of carbonyl (C=O) groups excluding carboxylic acids is 2. The Hall–Kier alpha value is -3.57. The Morgan fingerprint density at radius 3 is 2.12 bits per heavy atom. The summed E-state index contributed by atoms with van der Waals surface area (Å²) in [5.41, 5.74) is 6.14. The van der Waals surface area contributed by atoms with Crippen LogP contribution in [-0.4, -0.2) is 54.5 Å². The fraction of sp³-hybridized carbons (Fsp3) is 0.375. The molecule has 1 N–H and O–H groups in total. The summed E-state index contributed by atoms with van der Waals surface area (Å²) in [6.45, 7) is 16.5. The number of methoxy groups -OCH3 is 2. The normalized spacial score (nSPS) is 11.7. The molecule has 0 fully saturated rings. The van der Waals surface area contributed by atoms with Gasteiger partial charge in [-0.2, -0.15) is 0 Å². The molecule has 0 spiro atoms. The van der Waals surface area contributed by atoms with Crippen molar-refractivity contribution in [3.63, 3.8) is 0 Å². The van der Waals surface area contributed by atoms with Gasteiger partial charge in [-0.15, -0.1) is 26.0 Å². The van der Waals surface area contributed by atoms with Gasteiger partial charge in [0.25, 0.3) is 5.91 Å². The summed E-state index contributed by atoms with van der Waals surface area (Å²) in [4.78, 5) is 27.0. The van der Waals surface area contributed by atoms with Crippen molar-refractivity contribution in [1.29, 1.82) is 0 Å². The van der Waals surface area contributed by atoms with Crippen LogP contribution in [0.5, 0.6) is 0 Å². The summed E-state index contributed by atoms with van der Waals surface area (Å²) in [5.74, 6) is -0.424. The van der Waals surface area contributed by atoms with Gasteiger partial charge in [-0.3, -0.25) is 9.59 Å². The number of esters is 1. The number of aryl methyl sites for hydroxylation is 1. The van der Waals surface area contributed by atoms with Crippen molar-refractivity contribution < 1.29 is 24.2 Å². The molecule has 1 aliphatic heterocycles. The maximum absolute atomic E-state index is 12.9. The largest absolute Gasteiger partial charge is 0.469 e. The van der Waals surface area contributed by atoms with E-state index in [0.717, 1.165) is 44.5 Å². The van der Waals surface area contributed by atoms with E-state index in [4.69, 9.17) is 26.2 Å². The Balaban J connectivity index is 0.000000789. The molecule has 2 aromatic carbocycles. The predicted octanol–water partition coefficient (Wildman–Crippen LogP) is 6.12. The quantitative estimate of drug-likeness (QED) is 0.228. The number of hydrogen-bond acceptors (Lipinski definition) is 5. The topological polar surface area (TPSA) is 81.0 Å². The van der Waals surface area contributed by atoms with E-state index in [1.165, 1.54) is 14.2 Å². The summed E-state index contributed by atoms with van der Waals surface area (Å²) < 4.78 is 12.4. The Kier molecular flexibility index (Phi) is 13.2. The molecule has 7 nitrogen and oxygen atoms in total. The first-order valence-electron chi connectivity index (χ1n) is 12.7. The third kappa shape index (κ3) is 8.22. The van der Waals surface area contributed by atoms with Gasteiger partial charge in [-0.25, -0.2) is 0 Å². The lowest BCUT2D eigenvalue weighted by atomic mass is 9.88. The predicted molar refractivity (Wildman–Crippen MR) is 165 cm³/mol. The average molecular weight is 569 g/mol. The molecule has 1 amide bonds. The first-order chi connectivity index (χ1) is 18.9. The second kappa shape index (κ2) is 15.3. The molecule has 0 saturated carbocycles. The third-order valence-corrected chi connectivity index (χ3v) is 6.23. The van der Waals surface area contributed by atoms with Crippen molar-refractivity contribution >= 4 is 40.1 Å². The van der Waals surface area contributed by atoms with Crippen LogP contribution in [0.3, 0.4) is 0 Å². The van der Waals surface area contributed by atoms with E-state index in [0.29, 0.717) is 18.1 Å². The van der Waals surface area contributed by atoms with E-state index in [1.54, 1.807) is 25.7 Å². The first kappa shape index (κ1) is 34.5. The van der Waals surface area contributed by atoms with E-state index < -0.39 is 5.60 Å². The van der Waals surface area contributed by atoms with Gasteiger partial charge in [0, 0.05) is 36.3 Å². The lowest BCUT2D eigenvalue weighted by Crippen LogP contribution is -2.40. The second-order valence-electron chi connectivity index (χ2n) is 9.94. The number of benzene rings is 2. The van der Waals surface area contributed by atoms with Gasteiger partial charge in [0.2, 0.25) is 0 Å². The number of aliphatic hydroxyl groups is 1. The third-order valence-electron chi connectivity index (χ3n) is 5.97. The van der Waals surface area contributed by atoms with Gasteiger partial charge in [0.1, 0.15) is 6.61 Å². The molecule has 3 aromatic rings. The summed E-state index contributed by atoms with van der Waals surface area (Å²) in [6.07, 6.45) is 8.11. The number of aromatic nitrogens is 1. The summed E-state index contributed by atoms with van der Waals surface area (Å²) in [6, 6.07) is 9.75. The van der Waals surface area contributed by atoms with E-state index >= 15 is 0 Å². The van der Waals surface area contributed by atoms with Gasteiger partial charge in [0.05, 0.1) is 30.3 Å². The Labute approximate surface area is 243 Å². The van der Waals surface area contributed by atoms with Crippen LogP contribution in [0.2, 0.25) is 5.02 Å². The maximum atomic E-state index is 12.9. The summed E-state index contributed by atoms with van der Waals surface area (Å²) in [7, 11) is 2.90. The Morgan fingerprint density at radius 1 is 1.07 bits per heavy atom. The number of amides is 1. The fourth-order valence-corrected chi connectivity index (χ4v) is 4.68. The van der Waals surface area contributed by atoms with E-state index in [1.807, 2.05) is 31.2 Å². The number of rotatable bonds is 5. The molecule has 0 radical (unpaired) electrons. The zero-order valence-electron chi connectivity index (χ0n) is 24.6. The van der Waals surface area contributed by atoms with Crippen LogP contribution in [0.15, 0.2) is 43.5 Å². The van der Waals surface area contributed by atoms with Crippen LogP contribution < -0.4 is 4.90 Å². The van der Waals surface area contributed by atoms with Crippen LogP contribution in [-0.2, 0) is 32.0 Å². The zero-order valence-corrected chi connectivity index (χ0v) is 25.4. The Bertz CT molecular complexity index is 1330. The van der Waals surface area contributed by atoms with Gasteiger partial charge >= 0.3 is 5.97 Å². The van der Waals surface area contributed by atoms with Gasteiger partial charge in [0.15, 0.2) is 0 Å². The molecule has 2 heterocycles. The van der Waals surface area contributed by atoms with E-state index in [2.05, 4.69) is 43.6 Å². The SMILES string of the molecule is C#C.C=C.CC(C)(C)O.COCC(=O)N1CCn2c(C)cc3c(-c4ccc(Cl)cc4)c(CC(=O)OC)c(C)c1c32. The van der Waals surface area contributed by atoms with Gasteiger partial charge in [-0.1, -0.05) is 23.7 Å². The highest BCUT2D eigenvalue weighted by Crippen LogP contribution is 2.45. The lowest BCUT2D eigenvalue weighted by molar-refractivity contribution is -0.139. The number of nitrogens with zero attached hydrogens (tertiary/aromatic N) is 2. The number of halogens is 1. The molecule has 0 saturated heterocycles. The molecule has 8 heteroatoms. The van der Waals surface area contributed by atoms with Crippen LogP contribution in [0, 0.1) is 26.7 Å². The first-order valence-corrected chi connectivity index (χ1v) is 13.1. The summed E-state index contributed by atoms with van der Waals surface area (Å²) in [5, 5.41) is 10.2. The highest BCUT2D eigenvalue weighted by atomic mass is 35.5. The van der Waals surface area contributed by atoms with Crippen molar-refractivity contribution in [1.82, 2.24) is 4.57 Å². The number of carbonyl (C=O) groups is 2. The van der Waals surface area contributed by atoms with Crippen LogP contribution in [0.1, 0.15) is 37.6 Å². The standard InChI is InChI=1S/C24H25ClN2O4.C4H10O.C2H4.C2H2/c1-14-11-19-22(16-5-7-17(25)8-6-16)18(12-21(29)31-4)15(2)23-24(19)26(14)9-10-27(23)20(28)13-30-3;1-4(2,3)5;2*1-2/h5-8,11H,9-10,12-13H2,1-4H3;5H,1-3H3;1-2H2;1-2H. The number of hydrogen-bond donors (Lipinski definition) is 1. The summed E-state index contributed by atoms with van der Waals surface area (Å²) >= 11 is 6.13. The molecule has 1 aliphatic rings. The molecule has 1 aromatic heterocycles. The minimum atomic E-state index is -0.500. The molecule has 4 rings (SSSR count). The number of ether oxygens (including phenoxy) is 2. The fourth-order valence-electron chi connectivity index (χ4n) is 4.56. The van der Waals surface area contributed by atoms with Crippen molar-refractivity contribution in [3.8, 4) is 24.0 Å². The molecule has 0 unspecified atom stereocenters. The van der Waals surface area contributed by atoms with Crippen molar-refractivity contribution in [3.05, 3.63) is 65.3 Å². The van der Waals surface area contributed by atoms with E-state index in [9.17, 15) is 9.59 Å². The zero-order chi connectivity index (χ0) is 30.8. The molecule has 0 bridgehead atoms. The highest BCUT2D eigenvalue weighted by Gasteiger charge is 2.31. The lowest BCUT2D eigenvalue weighted by Gasteiger charge is -2.33. The van der Waals surface area contributed by atoms with Gasteiger partial charge in [-0.05, 0) is 75.1 Å². The molecular weight excluding hydrogens is 528 g/mol. The van der Waals surface area contributed by atoms with E-state index in [-0.39, 0.29) is 24.9 Å². The minimum Gasteiger partial charge on any atom is -0.469 e. The van der Waals surface area contributed by atoms with Crippen molar-refractivity contribution in [2.75, 3.05) is 32.3 Å². The number of anilines is 1. The Morgan fingerprint density at radius 2 is 1.62 bits per heavy atom. The maximum Gasteiger partial charge on any atom is 0.310 e. The molecule has 216 valence electrons. The molecule has 40 heavy (non-hydrogen) atoms. The second-order valence-corrected chi connectivity index (χ2v) is 10.4. The molecule has 0 atom stereocenters. The van der Waals surface area contributed by atoms with Crippen LogP contribution >= 0.6 is 11.6 Å². The van der Waals surface area contributed by atoms with Crippen molar-refractivity contribution in [2.24, 2.45) is 0 Å². The van der Waals surface area contributed by atoms with Crippen molar-refractivity contribution in [2.45, 2.75) is 53.2 Å². The number of terminal acetylenes is 1. The average Bonchev–Trinajstić information content (AvgIpc) is 3.25. The molecule has 0 aliphatic carbocycles. The highest BCUT2D eigenvalue weighted by molar-refractivity contribution is 6.30. The monoisotopic (exact) mass is 568 g/mol. The van der Waals surface area contributed by atoms with Crippen LogP contribution in [0.25, 0.3) is 22.0 Å².